The molecule has 1 fully saturated rings. The topological polar surface area (TPSA) is 38.7 Å². The number of ether oxygens (including phenoxy) is 2. The molecule has 1 saturated heterocycles. The van der Waals surface area contributed by atoms with Crippen molar-refractivity contribution in [3.8, 4) is 5.75 Å². The van der Waals surface area contributed by atoms with Gasteiger partial charge in [-0.15, -0.1) is 0 Å². The van der Waals surface area contributed by atoms with Gasteiger partial charge in [-0.25, -0.2) is 0 Å². The zero-order valence-corrected chi connectivity index (χ0v) is 11.0. The highest BCUT2D eigenvalue weighted by Gasteiger charge is 2.19. The number of para-hydroxylation sites is 1. The van der Waals surface area contributed by atoms with E-state index in [4.69, 9.17) is 9.47 Å². The van der Waals surface area contributed by atoms with Gasteiger partial charge in [0.25, 0.3) is 0 Å². The van der Waals surface area contributed by atoms with Gasteiger partial charge in [0.1, 0.15) is 5.75 Å². The Morgan fingerprint density at radius 3 is 2.94 bits per heavy atom. The van der Waals surface area contributed by atoms with Crippen LogP contribution in [0.3, 0.4) is 0 Å². The van der Waals surface area contributed by atoms with Gasteiger partial charge in [-0.1, -0.05) is 18.2 Å². The van der Waals surface area contributed by atoms with Crippen molar-refractivity contribution in [3.63, 3.8) is 0 Å². The summed E-state index contributed by atoms with van der Waals surface area (Å²) in [6.07, 6.45) is 4.66. The first kappa shape index (κ1) is 13.4. The Labute approximate surface area is 109 Å². The first-order valence-corrected chi connectivity index (χ1v) is 6.71. The number of aliphatic hydroxyl groups excluding tert-OH is 1. The monoisotopic (exact) mass is 250 g/mol. The molecule has 0 bridgehead atoms. The molecule has 1 aliphatic heterocycles. The van der Waals surface area contributed by atoms with Crippen LogP contribution in [-0.4, -0.2) is 31.0 Å². The Kier molecular flexibility index (Phi) is 5.02. The normalized spacial score (nSPS) is 21.6. The van der Waals surface area contributed by atoms with Crippen LogP contribution in [0.4, 0.5) is 0 Å². The molecule has 0 radical (unpaired) electrons. The number of methoxy groups -OCH3 is 1. The quantitative estimate of drug-likeness (QED) is 0.873. The van der Waals surface area contributed by atoms with Crippen molar-refractivity contribution in [2.75, 3.05) is 13.7 Å². The molecule has 0 spiro atoms. The van der Waals surface area contributed by atoms with Gasteiger partial charge in [0.15, 0.2) is 0 Å². The third-order valence-electron chi connectivity index (χ3n) is 3.46. The van der Waals surface area contributed by atoms with E-state index in [0.29, 0.717) is 6.42 Å². The first-order chi connectivity index (χ1) is 8.79. The second-order valence-corrected chi connectivity index (χ2v) is 4.89. The van der Waals surface area contributed by atoms with Gasteiger partial charge in [-0.2, -0.15) is 0 Å². The van der Waals surface area contributed by atoms with E-state index in [1.54, 1.807) is 7.11 Å². The Hall–Kier alpha value is -1.06. The van der Waals surface area contributed by atoms with Crippen LogP contribution in [-0.2, 0) is 11.2 Å². The van der Waals surface area contributed by atoms with Crippen LogP contribution in [0.5, 0.6) is 5.75 Å². The van der Waals surface area contributed by atoms with Gasteiger partial charge >= 0.3 is 0 Å². The molecule has 1 aliphatic rings. The summed E-state index contributed by atoms with van der Waals surface area (Å²) in [7, 11) is 1.66. The summed E-state index contributed by atoms with van der Waals surface area (Å²) < 4.78 is 10.9. The average molecular weight is 250 g/mol. The van der Waals surface area contributed by atoms with Crippen LogP contribution in [0, 0.1) is 0 Å². The molecule has 2 rings (SSSR count). The van der Waals surface area contributed by atoms with Gasteiger partial charge in [0, 0.05) is 13.0 Å². The van der Waals surface area contributed by atoms with E-state index in [1.807, 2.05) is 24.3 Å². The van der Waals surface area contributed by atoms with Crippen LogP contribution in [0.15, 0.2) is 24.3 Å². The lowest BCUT2D eigenvalue weighted by Gasteiger charge is -2.25. The molecule has 3 heteroatoms. The molecule has 2 unspecified atom stereocenters. The Morgan fingerprint density at radius 1 is 1.39 bits per heavy atom. The van der Waals surface area contributed by atoms with Crippen molar-refractivity contribution in [2.45, 2.75) is 44.3 Å². The molecule has 0 aliphatic carbocycles. The maximum absolute atomic E-state index is 10.1. The summed E-state index contributed by atoms with van der Waals surface area (Å²) in [5, 5.41) is 10.1. The number of hydrogen-bond donors (Lipinski definition) is 1. The van der Waals surface area contributed by atoms with Gasteiger partial charge in [0.2, 0.25) is 0 Å². The molecule has 1 N–H and O–H groups in total. The van der Waals surface area contributed by atoms with Crippen molar-refractivity contribution < 1.29 is 14.6 Å². The second-order valence-electron chi connectivity index (χ2n) is 4.89. The van der Waals surface area contributed by atoms with E-state index < -0.39 is 0 Å². The Morgan fingerprint density at radius 2 is 2.22 bits per heavy atom. The minimum absolute atomic E-state index is 0.225. The molecule has 1 aromatic rings. The second kappa shape index (κ2) is 6.76. The molecule has 0 amide bonds. The van der Waals surface area contributed by atoms with E-state index in [0.717, 1.165) is 37.2 Å². The minimum Gasteiger partial charge on any atom is -0.496 e. The standard InChI is InChI=1S/C15H22O3/c1-17-15-8-3-2-6-12(15)10-13(16)11-14-7-4-5-9-18-14/h2-3,6,8,13-14,16H,4-5,7,9-11H2,1H3. The fourth-order valence-electron chi connectivity index (χ4n) is 2.51. The van der Waals surface area contributed by atoms with Crippen LogP contribution in [0.2, 0.25) is 0 Å². The zero-order chi connectivity index (χ0) is 12.8. The number of hydrogen-bond acceptors (Lipinski definition) is 3. The van der Waals surface area contributed by atoms with E-state index in [1.165, 1.54) is 6.42 Å². The van der Waals surface area contributed by atoms with Gasteiger partial charge in [-0.3, -0.25) is 0 Å². The Bertz CT molecular complexity index is 359. The first-order valence-electron chi connectivity index (χ1n) is 6.71. The highest BCUT2D eigenvalue weighted by Crippen LogP contribution is 2.22. The maximum Gasteiger partial charge on any atom is 0.122 e. The van der Waals surface area contributed by atoms with Crippen molar-refractivity contribution in [1.29, 1.82) is 0 Å². The number of benzene rings is 1. The molecule has 1 aromatic carbocycles. The lowest BCUT2D eigenvalue weighted by Crippen LogP contribution is -2.25. The predicted molar refractivity (Wildman–Crippen MR) is 70.9 cm³/mol. The molecule has 100 valence electrons. The minimum atomic E-state index is -0.357. The summed E-state index contributed by atoms with van der Waals surface area (Å²) in [4.78, 5) is 0. The van der Waals surface area contributed by atoms with Crippen molar-refractivity contribution in [3.05, 3.63) is 29.8 Å². The van der Waals surface area contributed by atoms with E-state index in [-0.39, 0.29) is 12.2 Å². The maximum atomic E-state index is 10.1. The predicted octanol–water partition coefficient (Wildman–Crippen LogP) is 2.56. The molecular weight excluding hydrogens is 228 g/mol. The largest absolute Gasteiger partial charge is 0.496 e. The van der Waals surface area contributed by atoms with Gasteiger partial charge < -0.3 is 14.6 Å². The summed E-state index contributed by atoms with van der Waals surface area (Å²) in [5.74, 6) is 0.848. The van der Waals surface area contributed by atoms with E-state index >= 15 is 0 Å². The van der Waals surface area contributed by atoms with Gasteiger partial charge in [-0.05, 0) is 37.3 Å². The summed E-state index contributed by atoms with van der Waals surface area (Å²) >= 11 is 0. The summed E-state index contributed by atoms with van der Waals surface area (Å²) in [6.45, 7) is 0.839. The van der Waals surface area contributed by atoms with Crippen LogP contribution < -0.4 is 4.74 Å². The summed E-state index contributed by atoms with van der Waals surface area (Å²) in [5.41, 5.74) is 1.06. The SMILES string of the molecule is COc1ccccc1CC(O)CC1CCCCO1. The molecule has 2 atom stereocenters. The van der Waals surface area contributed by atoms with Gasteiger partial charge in [0.05, 0.1) is 19.3 Å². The molecule has 18 heavy (non-hydrogen) atoms. The average Bonchev–Trinajstić information content (AvgIpc) is 2.40. The van der Waals surface area contributed by atoms with Crippen LogP contribution >= 0.6 is 0 Å². The van der Waals surface area contributed by atoms with Crippen LogP contribution in [0.25, 0.3) is 0 Å². The molecular formula is C15H22O3. The van der Waals surface area contributed by atoms with E-state index in [9.17, 15) is 5.11 Å². The van der Waals surface area contributed by atoms with Crippen molar-refractivity contribution in [2.24, 2.45) is 0 Å². The zero-order valence-electron chi connectivity index (χ0n) is 11.0. The Balaban J connectivity index is 1.87. The molecule has 3 nitrogen and oxygen atoms in total. The summed E-state index contributed by atoms with van der Waals surface area (Å²) in [6, 6.07) is 7.85. The third-order valence-corrected chi connectivity index (χ3v) is 3.46. The number of aliphatic hydroxyl groups is 1. The fraction of sp³-hybridized carbons (Fsp3) is 0.600. The third kappa shape index (κ3) is 3.72. The molecule has 1 heterocycles. The molecule has 0 aromatic heterocycles. The highest BCUT2D eigenvalue weighted by molar-refractivity contribution is 5.33. The van der Waals surface area contributed by atoms with Crippen LogP contribution in [0.1, 0.15) is 31.2 Å². The smallest absolute Gasteiger partial charge is 0.122 e. The number of rotatable bonds is 5. The highest BCUT2D eigenvalue weighted by atomic mass is 16.5. The van der Waals surface area contributed by atoms with Crippen molar-refractivity contribution in [1.82, 2.24) is 0 Å². The van der Waals surface area contributed by atoms with E-state index in [2.05, 4.69) is 0 Å². The molecule has 0 saturated carbocycles. The lowest BCUT2D eigenvalue weighted by atomic mass is 9.98. The van der Waals surface area contributed by atoms with Crippen molar-refractivity contribution >= 4 is 0 Å². The lowest BCUT2D eigenvalue weighted by molar-refractivity contribution is -0.0148. The fourth-order valence-corrected chi connectivity index (χ4v) is 2.51.